The van der Waals surface area contributed by atoms with Crippen molar-refractivity contribution in [1.29, 1.82) is 0 Å². The molecule has 530 valence electrons. The van der Waals surface area contributed by atoms with E-state index in [1.807, 2.05) is 21.1 Å². The number of esters is 2. The van der Waals surface area contributed by atoms with Crippen LogP contribution in [0.25, 0.3) is 0 Å². The maximum absolute atomic E-state index is 13.0. The average molecular weight is 1290 g/mol. The van der Waals surface area contributed by atoms with Crippen molar-refractivity contribution in [2.45, 2.75) is 322 Å². The molecule has 9 heteroatoms. The molecule has 0 aromatic heterocycles. The molecule has 0 saturated heterocycles. The van der Waals surface area contributed by atoms with Crippen LogP contribution in [0.2, 0.25) is 0 Å². The third-order valence-electron chi connectivity index (χ3n) is 16.1. The summed E-state index contributed by atoms with van der Waals surface area (Å²) in [6.45, 7) is 4.63. The first-order valence-corrected chi connectivity index (χ1v) is 38.0. The second-order valence-corrected chi connectivity index (χ2v) is 26.2. The molecule has 0 saturated carbocycles. The van der Waals surface area contributed by atoms with Crippen molar-refractivity contribution in [3.8, 4) is 0 Å². The third kappa shape index (κ3) is 74.4. The number of quaternary nitrogens is 1. The summed E-state index contributed by atoms with van der Waals surface area (Å²) in [6, 6.07) is 0. The summed E-state index contributed by atoms with van der Waals surface area (Å²) in [5.41, 5.74) is 0. The number of allylic oxidation sites excluding steroid dienone is 24. The summed E-state index contributed by atoms with van der Waals surface area (Å²) >= 11 is 0. The van der Waals surface area contributed by atoms with Crippen LogP contribution in [0.15, 0.2) is 146 Å². The lowest BCUT2D eigenvalue weighted by Crippen LogP contribution is -2.44. The molecule has 0 bridgehead atoms. The molecule has 93 heavy (non-hydrogen) atoms. The Kier molecular flexibility index (Phi) is 69.2. The Morgan fingerprint density at radius 3 is 0.914 bits per heavy atom. The Balaban J connectivity index is 4.13. The van der Waals surface area contributed by atoms with Gasteiger partial charge in [0.1, 0.15) is 13.2 Å². The van der Waals surface area contributed by atoms with Crippen molar-refractivity contribution in [2.75, 3.05) is 47.5 Å². The minimum absolute atomic E-state index is 0.140. The molecule has 2 atom stereocenters. The number of carbonyl (C=O) groups is 3. The molecule has 0 aliphatic carbocycles. The zero-order valence-corrected chi connectivity index (χ0v) is 60.6. The first kappa shape index (κ1) is 88.2. The predicted molar refractivity (Wildman–Crippen MR) is 398 cm³/mol. The van der Waals surface area contributed by atoms with E-state index in [1.165, 1.54) is 161 Å². The SMILES string of the molecule is CC/C=C\C/C=C\C/C=C\C/C=C\C/C=C\C/C=C\C/C=C\C/C=C\C/C=C\CCCCCCCCCCCC(=O)OC(COC(=O)CCCCCCCCCCCCCCCCCC/C=C\C/C=C\C/C=C\CCCCCCC)COC(OCC[N+](C)(C)C)C(=O)[O-]. The van der Waals surface area contributed by atoms with E-state index >= 15 is 0 Å². The molecule has 0 aromatic rings. The lowest BCUT2D eigenvalue weighted by Gasteiger charge is -2.26. The van der Waals surface area contributed by atoms with Gasteiger partial charge in [0.25, 0.3) is 0 Å². The van der Waals surface area contributed by atoms with Crippen LogP contribution in [0, 0.1) is 0 Å². The topological polar surface area (TPSA) is 111 Å². The summed E-state index contributed by atoms with van der Waals surface area (Å²) in [5, 5.41) is 11.9. The highest BCUT2D eigenvalue weighted by atomic mass is 16.7. The Labute approximate surface area is 572 Å². The van der Waals surface area contributed by atoms with Gasteiger partial charge in [0, 0.05) is 12.8 Å². The summed E-state index contributed by atoms with van der Waals surface area (Å²) in [4.78, 5) is 37.6. The fourth-order valence-corrected chi connectivity index (χ4v) is 10.3. The summed E-state index contributed by atoms with van der Waals surface area (Å²) < 4.78 is 22.8. The van der Waals surface area contributed by atoms with Crippen LogP contribution < -0.4 is 5.11 Å². The maximum Gasteiger partial charge on any atom is 0.306 e. The van der Waals surface area contributed by atoms with Gasteiger partial charge in [-0.05, 0) is 122 Å². The first-order chi connectivity index (χ1) is 45.6. The molecule has 0 aliphatic heterocycles. The highest BCUT2D eigenvalue weighted by Gasteiger charge is 2.22. The molecular weight excluding hydrogens is 1150 g/mol. The number of carbonyl (C=O) groups excluding carboxylic acids is 3. The monoisotopic (exact) mass is 1290 g/mol. The summed E-state index contributed by atoms with van der Waals surface area (Å²) in [6.07, 6.45) is 104. The van der Waals surface area contributed by atoms with Crippen LogP contribution in [0.3, 0.4) is 0 Å². The second-order valence-electron chi connectivity index (χ2n) is 26.2. The van der Waals surface area contributed by atoms with Crippen LogP contribution in [-0.4, -0.2) is 82.3 Å². The molecule has 0 fully saturated rings. The number of carboxylic acid groups (broad SMARTS) is 1. The van der Waals surface area contributed by atoms with Gasteiger partial charge in [-0.25, -0.2) is 0 Å². The normalized spacial score (nSPS) is 13.5. The van der Waals surface area contributed by atoms with E-state index in [0.29, 0.717) is 17.4 Å². The molecule has 0 N–H and O–H groups in total. The molecular formula is C84H141NO8. The smallest absolute Gasteiger partial charge is 0.306 e. The lowest BCUT2D eigenvalue weighted by atomic mass is 10.0. The van der Waals surface area contributed by atoms with Crippen LogP contribution in [-0.2, 0) is 33.3 Å². The number of nitrogens with zero attached hydrogens (tertiary/aromatic N) is 1. The molecule has 0 radical (unpaired) electrons. The van der Waals surface area contributed by atoms with Crippen LogP contribution in [0.1, 0.15) is 309 Å². The Morgan fingerprint density at radius 2 is 0.613 bits per heavy atom. The molecule has 0 rings (SSSR count). The lowest BCUT2D eigenvalue weighted by molar-refractivity contribution is -0.870. The van der Waals surface area contributed by atoms with Gasteiger partial charge in [-0.3, -0.25) is 9.59 Å². The van der Waals surface area contributed by atoms with Crippen molar-refractivity contribution in [3.05, 3.63) is 146 Å². The largest absolute Gasteiger partial charge is 0.545 e. The zero-order chi connectivity index (χ0) is 67.5. The maximum atomic E-state index is 13.0. The molecule has 0 heterocycles. The Bertz CT molecular complexity index is 2040. The van der Waals surface area contributed by atoms with Gasteiger partial charge in [0.05, 0.1) is 40.3 Å². The minimum Gasteiger partial charge on any atom is -0.545 e. The van der Waals surface area contributed by atoms with Gasteiger partial charge in [-0.1, -0.05) is 320 Å². The van der Waals surface area contributed by atoms with Crippen molar-refractivity contribution in [3.63, 3.8) is 0 Å². The number of rotatable bonds is 69. The number of aliphatic carboxylic acids is 1. The highest BCUT2D eigenvalue weighted by Crippen LogP contribution is 2.17. The molecule has 0 aromatic carbocycles. The first-order valence-electron chi connectivity index (χ1n) is 38.0. The van der Waals surface area contributed by atoms with Crippen LogP contribution in [0.4, 0.5) is 0 Å². The minimum atomic E-state index is -1.63. The molecule has 0 aliphatic rings. The van der Waals surface area contributed by atoms with Gasteiger partial charge in [0.15, 0.2) is 12.4 Å². The standard InChI is InChI=1S/C84H141NO8/c1-6-8-10-12-14-16-18-20-22-24-26-28-30-32-34-36-38-39-40-41-42-43-45-47-49-51-53-55-57-59-61-63-65-67-69-71-73-75-82(87)93-80(79-92-84(83(88)89)90-77-76-85(3,4)5)78-91-81(86)74-72-70-68-66-64-62-60-58-56-54-52-50-48-46-44-37-35-33-31-29-27-25-23-21-19-17-15-13-11-9-7-2/h8,10,14,16,19-22,25-28,31-34,38-39,41-42,45,47,51,53,80,84H,6-7,9,11-13,15,17-18,23-24,29-30,35-37,40,43-44,46,48-50,52,54-79H2,1-5H3/b10-8-,16-14-,21-19-,22-20-,27-25-,28-26-,33-31-,34-32-,39-38-,42-41-,47-45-,53-51-. The van der Waals surface area contributed by atoms with Gasteiger partial charge in [0.2, 0.25) is 0 Å². The Morgan fingerprint density at radius 1 is 0.333 bits per heavy atom. The van der Waals surface area contributed by atoms with Gasteiger partial charge in [-0.15, -0.1) is 0 Å². The van der Waals surface area contributed by atoms with E-state index in [4.69, 9.17) is 18.9 Å². The van der Waals surface area contributed by atoms with E-state index in [2.05, 4.69) is 160 Å². The molecule has 2 unspecified atom stereocenters. The number of unbranched alkanes of at least 4 members (excludes halogenated alkanes) is 30. The van der Waals surface area contributed by atoms with E-state index in [1.54, 1.807) is 0 Å². The molecule has 9 nitrogen and oxygen atoms in total. The fourth-order valence-electron chi connectivity index (χ4n) is 10.3. The van der Waals surface area contributed by atoms with Crippen LogP contribution in [0.5, 0.6) is 0 Å². The fraction of sp³-hybridized carbons (Fsp3) is 0.679. The van der Waals surface area contributed by atoms with Gasteiger partial charge < -0.3 is 33.3 Å². The van der Waals surface area contributed by atoms with Crippen molar-refractivity contribution in [2.24, 2.45) is 0 Å². The van der Waals surface area contributed by atoms with E-state index in [9.17, 15) is 19.5 Å². The number of carboxylic acids is 1. The average Bonchev–Trinajstić information content (AvgIpc) is 3.73. The van der Waals surface area contributed by atoms with Gasteiger partial charge >= 0.3 is 11.9 Å². The number of likely N-dealkylation sites (N-methyl/N-ethyl adjacent to an activating group) is 1. The van der Waals surface area contributed by atoms with Crippen molar-refractivity contribution in [1.82, 2.24) is 0 Å². The number of hydrogen-bond acceptors (Lipinski definition) is 8. The molecule has 0 spiro atoms. The second kappa shape index (κ2) is 73.0. The van der Waals surface area contributed by atoms with Gasteiger partial charge in [-0.2, -0.15) is 0 Å². The summed E-state index contributed by atoms with van der Waals surface area (Å²) in [7, 11) is 5.93. The zero-order valence-electron chi connectivity index (χ0n) is 60.6. The van der Waals surface area contributed by atoms with Crippen molar-refractivity contribution >= 4 is 17.9 Å². The molecule has 0 amide bonds. The van der Waals surface area contributed by atoms with E-state index in [-0.39, 0.29) is 38.6 Å². The van der Waals surface area contributed by atoms with E-state index < -0.39 is 24.3 Å². The van der Waals surface area contributed by atoms with Crippen molar-refractivity contribution < 1.29 is 42.9 Å². The van der Waals surface area contributed by atoms with E-state index in [0.717, 1.165) is 116 Å². The Hall–Kier alpha value is -4.83. The number of hydrogen-bond donors (Lipinski definition) is 0. The predicted octanol–water partition coefficient (Wildman–Crippen LogP) is 22.9. The summed E-state index contributed by atoms with van der Waals surface area (Å²) in [5.74, 6) is -2.29. The highest BCUT2D eigenvalue weighted by molar-refractivity contribution is 5.70. The van der Waals surface area contributed by atoms with Crippen LogP contribution >= 0.6 is 0 Å². The third-order valence-corrected chi connectivity index (χ3v) is 16.1. The quantitative estimate of drug-likeness (QED) is 0.0195. The number of ether oxygens (including phenoxy) is 4.